The van der Waals surface area contributed by atoms with Crippen molar-refractivity contribution >= 4 is 27.9 Å². The van der Waals surface area contributed by atoms with Crippen LogP contribution in [0.15, 0.2) is 18.3 Å². The lowest BCUT2D eigenvalue weighted by Gasteiger charge is -2.29. The van der Waals surface area contributed by atoms with E-state index in [0.717, 1.165) is 22.4 Å². The molecule has 3 aromatic heterocycles. The van der Waals surface area contributed by atoms with Gasteiger partial charge in [-0.2, -0.15) is 0 Å². The van der Waals surface area contributed by atoms with Gasteiger partial charge in [-0.3, -0.25) is 4.98 Å². The first kappa shape index (κ1) is 13.4. The molecule has 2 N–H and O–H groups in total. The molecule has 3 aromatic rings. The molecule has 7 nitrogen and oxygen atoms in total. The topological polar surface area (TPSA) is 88.1 Å². The quantitative estimate of drug-likeness (QED) is 0.777. The van der Waals surface area contributed by atoms with Gasteiger partial charge in [-0.15, -0.1) is 0 Å². The average molecular weight is 299 g/mol. The van der Waals surface area contributed by atoms with E-state index in [2.05, 4.69) is 26.4 Å². The molecule has 2 atom stereocenters. The molecule has 7 heteroatoms. The Labute approximate surface area is 127 Å². The van der Waals surface area contributed by atoms with E-state index < -0.39 is 0 Å². The maximum atomic E-state index is 6.11. The van der Waals surface area contributed by atoms with Gasteiger partial charge in [0.1, 0.15) is 28.5 Å². The molecule has 0 radical (unpaired) electrons. The molecule has 1 aliphatic heterocycles. The van der Waals surface area contributed by atoms with Gasteiger partial charge in [-0.25, -0.2) is 9.97 Å². The average Bonchev–Trinajstić information content (AvgIpc) is 2.93. The van der Waals surface area contributed by atoms with E-state index in [1.807, 2.05) is 12.1 Å². The summed E-state index contributed by atoms with van der Waals surface area (Å²) < 4.78 is 13.3. The van der Waals surface area contributed by atoms with E-state index >= 15 is 0 Å². The first-order chi connectivity index (χ1) is 10.7. The third kappa shape index (κ3) is 1.79. The Morgan fingerprint density at radius 1 is 1.41 bits per heavy atom. The molecular formula is C15H17N5O2. The minimum atomic E-state index is -0.202. The highest BCUT2D eigenvalue weighted by molar-refractivity contribution is 6.04. The molecular weight excluding hydrogens is 282 g/mol. The fraction of sp³-hybridized carbons (Fsp3) is 0.400. The summed E-state index contributed by atoms with van der Waals surface area (Å²) in [7, 11) is 1.65. The van der Waals surface area contributed by atoms with Gasteiger partial charge >= 0.3 is 0 Å². The number of anilines is 1. The van der Waals surface area contributed by atoms with E-state index in [4.69, 9.17) is 15.2 Å². The Kier molecular flexibility index (Phi) is 2.98. The molecule has 1 aliphatic rings. The van der Waals surface area contributed by atoms with Crippen molar-refractivity contribution in [2.24, 2.45) is 0 Å². The molecule has 114 valence electrons. The van der Waals surface area contributed by atoms with Crippen LogP contribution in [0, 0.1) is 0 Å². The number of hydrogen-bond acceptors (Lipinski definition) is 6. The number of methoxy groups -OCH3 is 1. The fourth-order valence-electron chi connectivity index (χ4n) is 3.06. The highest BCUT2D eigenvalue weighted by atomic mass is 16.5. The number of rotatable bonds is 2. The van der Waals surface area contributed by atoms with E-state index in [9.17, 15) is 0 Å². The van der Waals surface area contributed by atoms with Crippen LogP contribution in [0.25, 0.3) is 22.1 Å². The standard InChI is InChI=1S/C15H17N5O2/c1-8-6-22-10(7-21-2)15-19-12-13(20(8)15)11-9(18-14(12)16)4-3-5-17-11/h3-5,8,10H,6-7H2,1-2H3,(H2,16,18)/t8-,10?/m0/s1. The largest absolute Gasteiger partial charge is 0.382 e. The number of hydrogen-bond donors (Lipinski definition) is 1. The summed E-state index contributed by atoms with van der Waals surface area (Å²) >= 11 is 0. The summed E-state index contributed by atoms with van der Waals surface area (Å²) in [5.41, 5.74) is 9.31. The number of pyridine rings is 2. The molecule has 0 saturated carbocycles. The minimum Gasteiger partial charge on any atom is -0.382 e. The molecule has 0 aromatic carbocycles. The van der Waals surface area contributed by atoms with Gasteiger partial charge in [0.05, 0.1) is 24.8 Å². The zero-order chi connectivity index (χ0) is 15.3. The molecule has 0 amide bonds. The number of nitrogen functional groups attached to an aromatic ring is 1. The van der Waals surface area contributed by atoms with Crippen LogP contribution in [-0.2, 0) is 9.47 Å². The second kappa shape index (κ2) is 4.89. The molecule has 22 heavy (non-hydrogen) atoms. The van der Waals surface area contributed by atoms with Crippen molar-refractivity contribution in [2.75, 3.05) is 26.1 Å². The third-order valence-corrected chi connectivity index (χ3v) is 4.02. The van der Waals surface area contributed by atoms with Crippen molar-refractivity contribution in [2.45, 2.75) is 19.1 Å². The van der Waals surface area contributed by atoms with Gasteiger partial charge in [0, 0.05) is 13.3 Å². The van der Waals surface area contributed by atoms with Gasteiger partial charge in [0.15, 0.2) is 5.82 Å². The number of nitrogens with zero attached hydrogens (tertiary/aromatic N) is 4. The first-order valence-electron chi connectivity index (χ1n) is 7.23. The Morgan fingerprint density at radius 2 is 2.27 bits per heavy atom. The van der Waals surface area contributed by atoms with Crippen molar-refractivity contribution in [3.8, 4) is 0 Å². The molecule has 4 heterocycles. The van der Waals surface area contributed by atoms with Gasteiger partial charge in [-0.1, -0.05) is 0 Å². The van der Waals surface area contributed by atoms with E-state index in [0.29, 0.717) is 24.5 Å². The highest BCUT2D eigenvalue weighted by Gasteiger charge is 2.31. The third-order valence-electron chi connectivity index (χ3n) is 4.02. The zero-order valence-electron chi connectivity index (χ0n) is 12.5. The lowest BCUT2D eigenvalue weighted by atomic mass is 10.2. The SMILES string of the molecule is COCC1OC[C@H](C)n2c1nc1c(N)nc3cccnc3c12. The van der Waals surface area contributed by atoms with Crippen LogP contribution < -0.4 is 5.73 Å². The van der Waals surface area contributed by atoms with Crippen LogP contribution in [-0.4, -0.2) is 39.8 Å². The smallest absolute Gasteiger partial charge is 0.152 e. The minimum absolute atomic E-state index is 0.153. The summed E-state index contributed by atoms with van der Waals surface area (Å²) in [5.74, 6) is 1.24. The fourth-order valence-corrected chi connectivity index (χ4v) is 3.06. The van der Waals surface area contributed by atoms with Crippen LogP contribution >= 0.6 is 0 Å². The van der Waals surface area contributed by atoms with Crippen LogP contribution in [0.2, 0.25) is 0 Å². The normalized spacial score (nSPS) is 21.4. The van der Waals surface area contributed by atoms with E-state index in [-0.39, 0.29) is 12.1 Å². The van der Waals surface area contributed by atoms with Crippen molar-refractivity contribution in [3.05, 3.63) is 24.2 Å². The lowest BCUT2D eigenvalue weighted by Crippen LogP contribution is -2.27. The monoisotopic (exact) mass is 299 g/mol. The maximum Gasteiger partial charge on any atom is 0.152 e. The Balaban J connectivity index is 2.10. The van der Waals surface area contributed by atoms with Crippen LogP contribution in [0.3, 0.4) is 0 Å². The summed E-state index contributed by atoms with van der Waals surface area (Å²) in [4.78, 5) is 13.6. The van der Waals surface area contributed by atoms with Crippen molar-refractivity contribution in [3.63, 3.8) is 0 Å². The van der Waals surface area contributed by atoms with Crippen LogP contribution in [0.4, 0.5) is 5.82 Å². The molecule has 1 unspecified atom stereocenters. The number of nitrogens with two attached hydrogens (primary N) is 1. The summed E-state index contributed by atoms with van der Waals surface area (Å²) in [5, 5.41) is 0. The first-order valence-corrected chi connectivity index (χ1v) is 7.23. The van der Waals surface area contributed by atoms with Crippen LogP contribution in [0.1, 0.15) is 24.9 Å². The number of fused-ring (bicyclic) bond motifs is 5. The second-order valence-electron chi connectivity index (χ2n) is 5.53. The Morgan fingerprint density at radius 3 is 3.09 bits per heavy atom. The van der Waals surface area contributed by atoms with E-state index in [1.54, 1.807) is 13.3 Å². The second-order valence-corrected chi connectivity index (χ2v) is 5.53. The zero-order valence-corrected chi connectivity index (χ0v) is 12.5. The van der Waals surface area contributed by atoms with Gasteiger partial charge in [0.2, 0.25) is 0 Å². The van der Waals surface area contributed by atoms with Crippen molar-refractivity contribution < 1.29 is 9.47 Å². The Hall–Kier alpha value is -2.25. The predicted molar refractivity (Wildman–Crippen MR) is 82.5 cm³/mol. The van der Waals surface area contributed by atoms with Gasteiger partial charge < -0.3 is 19.8 Å². The van der Waals surface area contributed by atoms with E-state index in [1.165, 1.54) is 0 Å². The molecule has 0 fully saturated rings. The Bertz CT molecular complexity index is 860. The summed E-state index contributed by atoms with van der Waals surface area (Å²) in [6.45, 7) is 3.15. The van der Waals surface area contributed by atoms with Crippen LogP contribution in [0.5, 0.6) is 0 Å². The summed E-state index contributed by atoms with van der Waals surface area (Å²) in [6.07, 6.45) is 1.56. The highest BCUT2D eigenvalue weighted by Crippen LogP contribution is 2.36. The number of imidazole rings is 1. The maximum absolute atomic E-state index is 6.11. The molecule has 0 bridgehead atoms. The van der Waals surface area contributed by atoms with Gasteiger partial charge in [-0.05, 0) is 19.1 Å². The number of aromatic nitrogens is 4. The summed E-state index contributed by atoms with van der Waals surface area (Å²) in [6, 6.07) is 3.92. The molecule has 0 aliphatic carbocycles. The molecule has 4 rings (SSSR count). The van der Waals surface area contributed by atoms with Crippen molar-refractivity contribution in [1.29, 1.82) is 0 Å². The molecule has 0 saturated heterocycles. The lowest BCUT2D eigenvalue weighted by molar-refractivity contribution is -0.0396. The van der Waals surface area contributed by atoms with Crippen molar-refractivity contribution in [1.82, 2.24) is 19.5 Å². The molecule has 0 spiro atoms. The van der Waals surface area contributed by atoms with Gasteiger partial charge in [0.25, 0.3) is 0 Å². The predicted octanol–water partition coefficient (Wildman–Crippen LogP) is 1.84. The number of ether oxygens (including phenoxy) is 2.